The van der Waals surface area contributed by atoms with Gasteiger partial charge in [-0.3, -0.25) is 14.5 Å². The van der Waals surface area contributed by atoms with Crippen LogP contribution in [0.25, 0.3) is 0 Å². The van der Waals surface area contributed by atoms with Gasteiger partial charge in [0.1, 0.15) is 23.6 Å². The minimum atomic E-state index is -1.92. The molecule has 12 heteroatoms. The fourth-order valence-electron chi connectivity index (χ4n) is 6.88. The molecular weight excluding hydrogens is 560 g/mol. The number of aliphatic hydroxyl groups excluding tert-OH is 3. The van der Waals surface area contributed by atoms with Gasteiger partial charge in [0.15, 0.2) is 6.29 Å². The third-order valence-corrected chi connectivity index (χ3v) is 9.91. The first kappa shape index (κ1) is 38.0. The maximum atomic E-state index is 13.6. The average Bonchev–Trinajstić information content (AvgIpc) is 2.96. The van der Waals surface area contributed by atoms with Crippen LogP contribution in [-0.2, 0) is 28.5 Å². The highest BCUT2D eigenvalue weighted by atomic mass is 16.7. The predicted octanol–water partition coefficient (Wildman–Crippen LogP) is 0.843. The van der Waals surface area contributed by atoms with Gasteiger partial charge in [0.2, 0.25) is 0 Å². The number of hydrogen-bond acceptors (Lipinski definition) is 12. The summed E-state index contributed by atoms with van der Waals surface area (Å²) < 4.78 is 24.3. The van der Waals surface area contributed by atoms with Crippen molar-refractivity contribution in [2.75, 3.05) is 27.2 Å². The molecule has 0 spiro atoms. The Hall–Kier alpha value is -1.22. The highest BCUT2D eigenvalue weighted by Gasteiger charge is 2.52. The molecule has 2 saturated heterocycles. The fraction of sp³-hybridized carbons (Fsp3) is 0.935. The van der Waals surface area contributed by atoms with E-state index in [9.17, 15) is 30.0 Å². The van der Waals surface area contributed by atoms with E-state index in [4.69, 9.17) is 24.7 Å². The van der Waals surface area contributed by atoms with Gasteiger partial charge < -0.3 is 45.1 Å². The second kappa shape index (κ2) is 15.4. The van der Waals surface area contributed by atoms with Gasteiger partial charge >= 0.3 is 5.97 Å². The molecule has 0 aromatic heterocycles. The highest BCUT2D eigenvalue weighted by molar-refractivity contribution is 5.83. The molecule has 252 valence electrons. The number of ether oxygens (including phenoxy) is 4. The fourth-order valence-corrected chi connectivity index (χ4v) is 6.88. The Morgan fingerprint density at radius 3 is 2.19 bits per heavy atom. The molecule has 2 aliphatic heterocycles. The second-order valence-electron chi connectivity index (χ2n) is 13.4. The standard InChI is InChI=1S/C31H58N2O10/c1-11-22-31(8,39)26(37)18(4)23(34)16(2)15-30(7,40-10)27(19(5)24(35)20(6)28(38)42-22)43-29-25(36)21(14-17(3)41-29)33(9)13-12-32/h16-22,24-27,29,35-37,39H,11-15,32H2,1-10H3/t16-,17-,18+,19+,20-,21+,22-,24+,25-,26-,27-,29+,30+,31-/m1/s1. The molecule has 0 aromatic carbocycles. The van der Waals surface area contributed by atoms with Crippen LogP contribution < -0.4 is 5.73 Å². The molecular formula is C31H58N2O10. The molecule has 0 saturated carbocycles. The van der Waals surface area contributed by atoms with Crippen molar-refractivity contribution in [3.05, 3.63) is 0 Å². The SMILES string of the molecule is CC[C@H]1OC(=O)[C@H](C)[C@@H](O)[C@H](C)[C@@H](O[C@@H]2O[C@H](C)C[C@H](N(C)CCN)[C@H]2O)[C@@](C)(OC)C[C@@H](C)C(=O)[C@H](C)[C@@H](O)[C@]1(C)O. The number of nitrogens with zero attached hydrogens (tertiary/aromatic N) is 1. The molecule has 2 rings (SSSR count). The normalized spacial score (nSPS) is 46.0. The van der Waals surface area contributed by atoms with Gasteiger partial charge in [-0.1, -0.05) is 27.7 Å². The molecule has 0 aliphatic carbocycles. The minimum absolute atomic E-state index is 0.119. The van der Waals surface area contributed by atoms with Crippen molar-refractivity contribution >= 4 is 11.8 Å². The van der Waals surface area contributed by atoms with Crippen molar-refractivity contribution in [3.8, 4) is 0 Å². The Balaban J connectivity index is 2.59. The Labute approximate surface area is 257 Å². The van der Waals surface area contributed by atoms with Crippen LogP contribution in [0.1, 0.15) is 74.7 Å². The van der Waals surface area contributed by atoms with Crippen molar-refractivity contribution in [1.82, 2.24) is 4.90 Å². The van der Waals surface area contributed by atoms with E-state index < -0.39 is 77.7 Å². The number of aliphatic hydroxyl groups is 4. The lowest BCUT2D eigenvalue weighted by molar-refractivity contribution is -0.302. The molecule has 43 heavy (non-hydrogen) atoms. The number of esters is 1. The van der Waals surface area contributed by atoms with Gasteiger partial charge in [0.25, 0.3) is 0 Å². The van der Waals surface area contributed by atoms with Crippen LogP contribution in [0, 0.1) is 23.7 Å². The average molecular weight is 619 g/mol. The number of Topliss-reactive ketones (excluding diaryl/α,β-unsaturated/α-hetero) is 1. The third-order valence-electron chi connectivity index (χ3n) is 9.91. The number of likely N-dealkylation sites (N-methyl/N-ethyl adjacent to an activating group) is 1. The number of nitrogens with two attached hydrogens (primary N) is 1. The molecule has 0 radical (unpaired) electrons. The maximum absolute atomic E-state index is 13.6. The lowest BCUT2D eigenvalue weighted by Gasteiger charge is -2.48. The largest absolute Gasteiger partial charge is 0.459 e. The zero-order valence-corrected chi connectivity index (χ0v) is 27.7. The lowest BCUT2D eigenvalue weighted by Crippen LogP contribution is -2.60. The van der Waals surface area contributed by atoms with Gasteiger partial charge in [-0.15, -0.1) is 0 Å². The lowest BCUT2D eigenvalue weighted by atomic mass is 9.74. The summed E-state index contributed by atoms with van der Waals surface area (Å²) in [6, 6.07) is -0.305. The van der Waals surface area contributed by atoms with Crippen LogP contribution in [0.2, 0.25) is 0 Å². The minimum Gasteiger partial charge on any atom is -0.459 e. The smallest absolute Gasteiger partial charge is 0.311 e. The van der Waals surface area contributed by atoms with Gasteiger partial charge in [-0.25, -0.2) is 0 Å². The van der Waals surface area contributed by atoms with E-state index in [1.165, 1.54) is 27.9 Å². The second-order valence-corrected chi connectivity index (χ2v) is 13.4. The number of ketones is 1. The predicted molar refractivity (Wildman–Crippen MR) is 160 cm³/mol. The maximum Gasteiger partial charge on any atom is 0.311 e. The summed E-state index contributed by atoms with van der Waals surface area (Å²) in [5.41, 5.74) is 2.63. The summed E-state index contributed by atoms with van der Waals surface area (Å²) in [6.45, 7) is 14.1. The van der Waals surface area contributed by atoms with E-state index in [1.54, 1.807) is 27.7 Å². The van der Waals surface area contributed by atoms with Crippen LogP contribution in [0.4, 0.5) is 0 Å². The summed E-state index contributed by atoms with van der Waals surface area (Å²) in [6.07, 6.45) is -6.50. The van der Waals surface area contributed by atoms with Crippen LogP contribution in [0.3, 0.4) is 0 Å². The number of rotatable bonds is 7. The van der Waals surface area contributed by atoms with Crippen molar-refractivity contribution in [2.45, 2.75) is 135 Å². The van der Waals surface area contributed by atoms with Crippen LogP contribution in [-0.4, -0.2) is 124 Å². The monoisotopic (exact) mass is 618 g/mol. The van der Waals surface area contributed by atoms with Crippen LogP contribution in [0.15, 0.2) is 0 Å². The van der Waals surface area contributed by atoms with Crippen molar-refractivity contribution in [3.63, 3.8) is 0 Å². The van der Waals surface area contributed by atoms with Crippen LogP contribution in [0.5, 0.6) is 0 Å². The van der Waals surface area contributed by atoms with Crippen molar-refractivity contribution < 1.29 is 49.0 Å². The molecule has 12 nitrogen and oxygen atoms in total. The molecule has 2 aliphatic rings. The first-order valence-corrected chi connectivity index (χ1v) is 15.6. The first-order chi connectivity index (χ1) is 19.9. The van der Waals surface area contributed by atoms with E-state index in [-0.39, 0.29) is 30.8 Å². The molecule has 14 atom stereocenters. The van der Waals surface area contributed by atoms with E-state index >= 15 is 0 Å². The zero-order chi connectivity index (χ0) is 33.0. The van der Waals surface area contributed by atoms with E-state index in [1.807, 2.05) is 18.9 Å². The van der Waals surface area contributed by atoms with Gasteiger partial charge in [0.05, 0.1) is 35.9 Å². The Morgan fingerprint density at radius 2 is 1.65 bits per heavy atom. The van der Waals surface area contributed by atoms with Gasteiger partial charge in [-0.2, -0.15) is 0 Å². The quantitative estimate of drug-likeness (QED) is 0.254. The van der Waals surface area contributed by atoms with E-state index in [0.717, 1.165) is 0 Å². The highest BCUT2D eigenvalue weighted by Crippen LogP contribution is 2.39. The molecule has 0 unspecified atom stereocenters. The first-order valence-electron chi connectivity index (χ1n) is 15.6. The molecule has 0 aromatic rings. The van der Waals surface area contributed by atoms with Gasteiger partial charge in [0, 0.05) is 44.0 Å². The summed E-state index contributed by atoms with van der Waals surface area (Å²) in [7, 11) is 3.35. The Bertz CT molecular complexity index is 921. The number of carbonyl (C=O) groups excluding carboxylic acids is 2. The topological polar surface area (TPSA) is 181 Å². The van der Waals surface area contributed by atoms with Crippen LogP contribution >= 0.6 is 0 Å². The number of cyclic esters (lactones) is 1. The summed E-state index contributed by atoms with van der Waals surface area (Å²) in [5.74, 6) is -4.57. The van der Waals surface area contributed by atoms with Crippen molar-refractivity contribution in [1.29, 1.82) is 0 Å². The molecule has 0 bridgehead atoms. The molecule has 2 heterocycles. The van der Waals surface area contributed by atoms with Gasteiger partial charge in [-0.05, 0) is 54.0 Å². The number of methoxy groups -OCH3 is 1. The number of carbonyl (C=O) groups is 2. The molecule has 6 N–H and O–H groups in total. The Morgan fingerprint density at radius 1 is 1.05 bits per heavy atom. The third kappa shape index (κ3) is 8.33. The number of hydrogen-bond donors (Lipinski definition) is 5. The van der Waals surface area contributed by atoms with Crippen molar-refractivity contribution in [2.24, 2.45) is 29.4 Å². The van der Waals surface area contributed by atoms with E-state index in [2.05, 4.69) is 0 Å². The summed E-state index contributed by atoms with van der Waals surface area (Å²) in [4.78, 5) is 28.9. The summed E-state index contributed by atoms with van der Waals surface area (Å²) in [5, 5.41) is 45.4. The zero-order valence-electron chi connectivity index (χ0n) is 27.7. The summed E-state index contributed by atoms with van der Waals surface area (Å²) >= 11 is 0. The van der Waals surface area contributed by atoms with E-state index in [0.29, 0.717) is 19.5 Å². The molecule has 0 amide bonds. The molecule has 2 fully saturated rings. The Kier molecular flexibility index (Phi) is 13.6.